The molecule has 1 aromatic carbocycles. The van der Waals surface area contributed by atoms with Crippen LogP contribution in [0.5, 0.6) is 0 Å². The molecule has 1 aromatic rings. The maximum atomic E-state index is 11.8. The standard InChI is InChI=1S/C13H15NO/c1-4-11(8-14)13(15)12-6-5-9(2)10(3)7-12/h5-7,11H,4H2,1-3H3. The molecule has 0 N–H and O–H groups in total. The van der Waals surface area contributed by atoms with Crippen molar-refractivity contribution in [3.8, 4) is 6.07 Å². The van der Waals surface area contributed by atoms with Gasteiger partial charge in [0.2, 0.25) is 0 Å². The Labute approximate surface area is 90.5 Å². The maximum absolute atomic E-state index is 11.8. The highest BCUT2D eigenvalue weighted by Gasteiger charge is 2.17. The predicted molar refractivity (Wildman–Crippen MR) is 59.6 cm³/mol. The smallest absolute Gasteiger partial charge is 0.179 e. The highest BCUT2D eigenvalue weighted by molar-refractivity contribution is 5.99. The van der Waals surface area contributed by atoms with Crippen LogP contribution in [0.15, 0.2) is 18.2 Å². The summed E-state index contributed by atoms with van der Waals surface area (Å²) < 4.78 is 0. The molecule has 78 valence electrons. The van der Waals surface area contributed by atoms with E-state index in [0.717, 1.165) is 11.1 Å². The molecule has 2 nitrogen and oxygen atoms in total. The third kappa shape index (κ3) is 2.44. The Morgan fingerprint density at radius 2 is 2.07 bits per heavy atom. The van der Waals surface area contributed by atoms with E-state index >= 15 is 0 Å². The first-order valence-electron chi connectivity index (χ1n) is 5.11. The van der Waals surface area contributed by atoms with Crippen LogP contribution < -0.4 is 0 Å². The Bertz CT molecular complexity index is 415. The lowest BCUT2D eigenvalue weighted by molar-refractivity contribution is 0.0946. The summed E-state index contributed by atoms with van der Waals surface area (Å²) in [5.74, 6) is -0.574. The summed E-state index contributed by atoms with van der Waals surface area (Å²) in [6.45, 7) is 5.83. The van der Waals surface area contributed by atoms with E-state index in [-0.39, 0.29) is 5.78 Å². The van der Waals surface area contributed by atoms with Crippen molar-refractivity contribution in [2.45, 2.75) is 27.2 Å². The fourth-order valence-corrected chi connectivity index (χ4v) is 1.43. The van der Waals surface area contributed by atoms with Crippen LogP contribution in [0.2, 0.25) is 0 Å². The van der Waals surface area contributed by atoms with Gasteiger partial charge in [0.25, 0.3) is 0 Å². The molecule has 0 aliphatic rings. The van der Waals surface area contributed by atoms with Gasteiger partial charge < -0.3 is 0 Å². The first-order chi connectivity index (χ1) is 7.10. The highest BCUT2D eigenvalue weighted by Crippen LogP contribution is 2.15. The van der Waals surface area contributed by atoms with Gasteiger partial charge in [0, 0.05) is 5.56 Å². The lowest BCUT2D eigenvalue weighted by atomic mass is 9.94. The lowest BCUT2D eigenvalue weighted by Gasteiger charge is -2.07. The second-order valence-corrected chi connectivity index (χ2v) is 3.75. The highest BCUT2D eigenvalue weighted by atomic mass is 16.1. The Kier molecular flexibility index (Phi) is 3.62. The van der Waals surface area contributed by atoms with Crippen molar-refractivity contribution in [1.29, 1.82) is 5.26 Å². The molecule has 0 heterocycles. The van der Waals surface area contributed by atoms with Crippen LogP contribution in [0.4, 0.5) is 0 Å². The minimum absolute atomic E-state index is 0.0666. The van der Waals surface area contributed by atoms with Crippen LogP contribution in [-0.2, 0) is 0 Å². The van der Waals surface area contributed by atoms with E-state index in [1.165, 1.54) is 0 Å². The fraction of sp³-hybridized carbons (Fsp3) is 0.385. The molecule has 0 amide bonds. The summed E-state index contributed by atoms with van der Waals surface area (Å²) in [7, 11) is 0. The molecule has 1 unspecified atom stereocenters. The van der Waals surface area contributed by atoms with Crippen molar-refractivity contribution in [2.24, 2.45) is 5.92 Å². The van der Waals surface area contributed by atoms with Crippen LogP contribution in [0.3, 0.4) is 0 Å². The molecule has 0 saturated heterocycles. The zero-order valence-electron chi connectivity index (χ0n) is 9.37. The quantitative estimate of drug-likeness (QED) is 0.705. The summed E-state index contributed by atoms with van der Waals surface area (Å²) in [6.07, 6.45) is 0.572. The molecule has 0 fully saturated rings. The molecule has 0 bridgehead atoms. The van der Waals surface area contributed by atoms with Crippen molar-refractivity contribution >= 4 is 5.78 Å². The van der Waals surface area contributed by atoms with E-state index in [2.05, 4.69) is 0 Å². The summed E-state index contributed by atoms with van der Waals surface area (Å²) in [4.78, 5) is 11.8. The number of Topliss-reactive ketones (excluding diaryl/α,β-unsaturated/α-hetero) is 1. The minimum atomic E-state index is -0.507. The number of carbonyl (C=O) groups excluding carboxylic acids is 1. The number of nitrogens with zero attached hydrogens (tertiary/aromatic N) is 1. The zero-order chi connectivity index (χ0) is 11.4. The van der Waals surface area contributed by atoms with E-state index in [9.17, 15) is 4.79 Å². The van der Waals surface area contributed by atoms with Gasteiger partial charge in [-0.15, -0.1) is 0 Å². The van der Waals surface area contributed by atoms with Crippen molar-refractivity contribution < 1.29 is 4.79 Å². The van der Waals surface area contributed by atoms with Gasteiger partial charge in [-0.2, -0.15) is 5.26 Å². The molecule has 0 saturated carbocycles. The van der Waals surface area contributed by atoms with E-state index in [1.54, 1.807) is 6.07 Å². The van der Waals surface area contributed by atoms with Gasteiger partial charge in [0.15, 0.2) is 5.78 Å². The Morgan fingerprint density at radius 3 is 2.53 bits per heavy atom. The van der Waals surface area contributed by atoms with Crippen molar-refractivity contribution in [2.75, 3.05) is 0 Å². The SMILES string of the molecule is CCC(C#N)C(=O)c1ccc(C)c(C)c1. The minimum Gasteiger partial charge on any atom is -0.293 e. The summed E-state index contributed by atoms with van der Waals surface area (Å²) in [5.41, 5.74) is 2.90. The molecule has 15 heavy (non-hydrogen) atoms. The van der Waals surface area contributed by atoms with Crippen molar-refractivity contribution in [3.05, 3.63) is 34.9 Å². The first-order valence-corrected chi connectivity index (χ1v) is 5.11. The number of hydrogen-bond donors (Lipinski definition) is 0. The Hall–Kier alpha value is -1.62. The Morgan fingerprint density at radius 1 is 1.40 bits per heavy atom. The van der Waals surface area contributed by atoms with E-state index < -0.39 is 5.92 Å². The van der Waals surface area contributed by atoms with E-state index in [0.29, 0.717) is 12.0 Å². The number of rotatable bonds is 3. The number of aryl methyl sites for hydroxylation is 2. The normalized spacial score (nSPS) is 11.9. The van der Waals surface area contributed by atoms with Crippen LogP contribution in [0.1, 0.15) is 34.8 Å². The molecule has 1 rings (SSSR count). The molecule has 0 aliphatic carbocycles. The summed E-state index contributed by atoms with van der Waals surface area (Å²) in [6, 6.07) is 7.61. The maximum Gasteiger partial charge on any atom is 0.179 e. The zero-order valence-corrected chi connectivity index (χ0v) is 9.37. The number of carbonyl (C=O) groups is 1. The molecular weight excluding hydrogens is 186 g/mol. The third-order valence-electron chi connectivity index (χ3n) is 2.67. The molecule has 2 heteroatoms. The van der Waals surface area contributed by atoms with Gasteiger partial charge in [0.1, 0.15) is 5.92 Å². The number of benzene rings is 1. The third-order valence-corrected chi connectivity index (χ3v) is 2.67. The summed E-state index contributed by atoms with van der Waals surface area (Å²) >= 11 is 0. The van der Waals surface area contributed by atoms with Crippen LogP contribution >= 0.6 is 0 Å². The monoisotopic (exact) mass is 201 g/mol. The lowest BCUT2D eigenvalue weighted by Crippen LogP contribution is -2.12. The van der Waals surface area contributed by atoms with Crippen LogP contribution in [-0.4, -0.2) is 5.78 Å². The van der Waals surface area contributed by atoms with Crippen LogP contribution in [0, 0.1) is 31.1 Å². The topological polar surface area (TPSA) is 40.9 Å². The van der Waals surface area contributed by atoms with Gasteiger partial charge >= 0.3 is 0 Å². The van der Waals surface area contributed by atoms with Gasteiger partial charge in [-0.05, 0) is 37.5 Å². The first kappa shape index (κ1) is 11.5. The number of ketones is 1. The largest absolute Gasteiger partial charge is 0.293 e. The van der Waals surface area contributed by atoms with Crippen molar-refractivity contribution in [3.63, 3.8) is 0 Å². The molecule has 1 atom stereocenters. The molecule has 0 aromatic heterocycles. The number of nitriles is 1. The van der Waals surface area contributed by atoms with Crippen LogP contribution in [0.25, 0.3) is 0 Å². The molecule has 0 radical (unpaired) electrons. The second-order valence-electron chi connectivity index (χ2n) is 3.75. The van der Waals surface area contributed by atoms with Gasteiger partial charge in [0.05, 0.1) is 6.07 Å². The van der Waals surface area contributed by atoms with E-state index in [1.807, 2.05) is 39.0 Å². The fourth-order valence-electron chi connectivity index (χ4n) is 1.43. The molecule has 0 spiro atoms. The molecular formula is C13H15NO. The average molecular weight is 201 g/mol. The number of hydrogen-bond acceptors (Lipinski definition) is 2. The van der Waals surface area contributed by atoms with Crippen molar-refractivity contribution in [1.82, 2.24) is 0 Å². The van der Waals surface area contributed by atoms with Gasteiger partial charge in [-0.25, -0.2) is 0 Å². The van der Waals surface area contributed by atoms with Gasteiger partial charge in [-0.1, -0.05) is 19.1 Å². The molecule has 0 aliphatic heterocycles. The predicted octanol–water partition coefficient (Wildman–Crippen LogP) is 3.04. The van der Waals surface area contributed by atoms with E-state index in [4.69, 9.17) is 5.26 Å². The Balaban J connectivity index is 3.02. The summed E-state index contributed by atoms with van der Waals surface area (Å²) in [5, 5.41) is 8.81. The second kappa shape index (κ2) is 4.75. The average Bonchev–Trinajstić information content (AvgIpc) is 2.23. The van der Waals surface area contributed by atoms with Gasteiger partial charge in [-0.3, -0.25) is 4.79 Å².